The minimum absolute atomic E-state index is 0.0392. The molecule has 2 aliphatic carbocycles. The Balaban J connectivity index is 1.40. The Morgan fingerprint density at radius 1 is 1.23 bits per heavy atom. The van der Waals surface area contributed by atoms with E-state index in [-0.39, 0.29) is 12.0 Å². The molecule has 0 aromatic heterocycles. The number of benzene rings is 2. The van der Waals surface area contributed by atoms with Gasteiger partial charge in [0, 0.05) is 17.9 Å². The van der Waals surface area contributed by atoms with Crippen LogP contribution >= 0.6 is 0 Å². The van der Waals surface area contributed by atoms with E-state index in [9.17, 15) is 15.0 Å². The number of amides is 1. The zero-order valence-electron chi connectivity index (χ0n) is 17.9. The molecule has 0 spiro atoms. The summed E-state index contributed by atoms with van der Waals surface area (Å²) in [5.41, 5.74) is 10.7. The SMILES string of the molecule is Cc1cccc(C[C@H](O)/C=C/[C@@H]2[C@H]3CC(Cc4ccccc4C(N)=O)=C[C@H]3C[C@H]2O)c1. The second-order valence-corrected chi connectivity index (χ2v) is 9.08. The molecule has 4 heteroatoms. The van der Waals surface area contributed by atoms with E-state index in [1.54, 1.807) is 6.07 Å². The van der Waals surface area contributed by atoms with Crippen LogP contribution in [-0.4, -0.2) is 28.3 Å². The maximum absolute atomic E-state index is 11.7. The summed E-state index contributed by atoms with van der Waals surface area (Å²) in [6.45, 7) is 2.05. The monoisotopic (exact) mass is 417 g/mol. The molecule has 1 amide bonds. The van der Waals surface area contributed by atoms with Gasteiger partial charge in [0.2, 0.25) is 5.91 Å². The van der Waals surface area contributed by atoms with Crippen LogP contribution in [-0.2, 0) is 12.8 Å². The predicted octanol–water partition coefficient (Wildman–Crippen LogP) is 3.74. The number of nitrogens with two attached hydrogens (primary N) is 1. The van der Waals surface area contributed by atoms with E-state index in [2.05, 4.69) is 12.1 Å². The van der Waals surface area contributed by atoms with Gasteiger partial charge in [0.05, 0.1) is 12.2 Å². The second-order valence-electron chi connectivity index (χ2n) is 9.08. The normalized spacial score (nSPS) is 26.1. The Morgan fingerprint density at radius 3 is 2.81 bits per heavy atom. The zero-order valence-corrected chi connectivity index (χ0v) is 17.9. The summed E-state index contributed by atoms with van der Waals surface area (Å²) >= 11 is 0. The van der Waals surface area contributed by atoms with Crippen molar-refractivity contribution in [3.05, 3.63) is 94.6 Å². The molecule has 0 radical (unpaired) electrons. The molecule has 0 bridgehead atoms. The van der Waals surface area contributed by atoms with E-state index in [1.807, 2.05) is 55.5 Å². The molecule has 2 aromatic carbocycles. The molecule has 31 heavy (non-hydrogen) atoms. The van der Waals surface area contributed by atoms with E-state index in [1.165, 1.54) is 11.1 Å². The highest BCUT2D eigenvalue weighted by molar-refractivity contribution is 5.94. The minimum Gasteiger partial charge on any atom is -0.392 e. The molecule has 0 aliphatic heterocycles. The third-order valence-corrected chi connectivity index (χ3v) is 6.73. The summed E-state index contributed by atoms with van der Waals surface area (Å²) in [7, 11) is 0. The van der Waals surface area contributed by atoms with Crippen molar-refractivity contribution in [2.75, 3.05) is 0 Å². The number of hydrogen-bond acceptors (Lipinski definition) is 3. The molecule has 1 fully saturated rings. The van der Waals surface area contributed by atoms with Crippen molar-refractivity contribution in [3.8, 4) is 0 Å². The van der Waals surface area contributed by atoms with Gasteiger partial charge < -0.3 is 15.9 Å². The van der Waals surface area contributed by atoms with Crippen molar-refractivity contribution < 1.29 is 15.0 Å². The summed E-state index contributed by atoms with van der Waals surface area (Å²) in [5, 5.41) is 21.1. The van der Waals surface area contributed by atoms with Crippen molar-refractivity contribution in [3.63, 3.8) is 0 Å². The van der Waals surface area contributed by atoms with Crippen LogP contribution in [0, 0.1) is 24.7 Å². The summed E-state index contributed by atoms with van der Waals surface area (Å²) in [5.74, 6) is 0.327. The smallest absolute Gasteiger partial charge is 0.248 e. The standard InChI is InChI=1S/C27H31NO3/c1-17-5-4-6-18(11-17)14-22(29)9-10-24-25-15-19(13-21(25)16-26(24)30)12-20-7-2-3-8-23(20)27(28)31/h2-11,13,21-22,24-26,29-30H,12,14-16H2,1H3,(H2,28,31)/b10-9+/t21-,22+,24+,25-,26+/m0/s1. The highest BCUT2D eigenvalue weighted by Crippen LogP contribution is 2.48. The first-order valence-electron chi connectivity index (χ1n) is 11.1. The maximum atomic E-state index is 11.7. The number of aliphatic hydroxyl groups is 2. The Bertz CT molecular complexity index is 1010. The molecule has 5 atom stereocenters. The average molecular weight is 418 g/mol. The molecule has 162 valence electrons. The topological polar surface area (TPSA) is 83.5 Å². The van der Waals surface area contributed by atoms with E-state index in [0.29, 0.717) is 30.2 Å². The highest BCUT2D eigenvalue weighted by atomic mass is 16.3. The van der Waals surface area contributed by atoms with Gasteiger partial charge in [-0.1, -0.05) is 71.8 Å². The predicted molar refractivity (Wildman–Crippen MR) is 122 cm³/mol. The Hall–Kier alpha value is -2.69. The molecule has 2 aliphatic rings. The van der Waals surface area contributed by atoms with E-state index >= 15 is 0 Å². The molecule has 4 nitrogen and oxygen atoms in total. The fourth-order valence-corrected chi connectivity index (χ4v) is 5.30. The van der Waals surface area contributed by atoms with Crippen molar-refractivity contribution in [2.45, 2.75) is 44.8 Å². The first-order chi connectivity index (χ1) is 14.9. The van der Waals surface area contributed by atoms with Gasteiger partial charge in [0.1, 0.15) is 0 Å². The van der Waals surface area contributed by atoms with Gasteiger partial charge in [-0.05, 0) is 55.2 Å². The minimum atomic E-state index is -0.565. The number of aliphatic hydroxyl groups excluding tert-OH is 2. The van der Waals surface area contributed by atoms with Crippen LogP contribution in [0.4, 0.5) is 0 Å². The molecule has 4 N–H and O–H groups in total. The fourth-order valence-electron chi connectivity index (χ4n) is 5.30. The lowest BCUT2D eigenvalue weighted by Gasteiger charge is -2.19. The lowest BCUT2D eigenvalue weighted by atomic mass is 9.88. The van der Waals surface area contributed by atoms with Gasteiger partial charge in [-0.2, -0.15) is 0 Å². The fraction of sp³-hybridized carbons (Fsp3) is 0.370. The van der Waals surface area contributed by atoms with Crippen LogP contribution in [0.15, 0.2) is 72.3 Å². The summed E-state index contributed by atoms with van der Waals surface area (Å²) in [6, 6.07) is 15.7. The first kappa shape index (κ1) is 21.5. The highest BCUT2D eigenvalue weighted by Gasteiger charge is 2.43. The van der Waals surface area contributed by atoms with Crippen molar-refractivity contribution in [2.24, 2.45) is 23.5 Å². The Kier molecular flexibility index (Phi) is 6.40. The van der Waals surface area contributed by atoms with Crippen LogP contribution in [0.1, 0.15) is 39.9 Å². The number of primary amides is 1. The van der Waals surface area contributed by atoms with Crippen molar-refractivity contribution >= 4 is 5.91 Å². The summed E-state index contributed by atoms with van der Waals surface area (Å²) in [6.07, 6.45) is 8.13. The van der Waals surface area contributed by atoms with Gasteiger partial charge in [0.25, 0.3) is 0 Å². The Labute approximate surface area is 184 Å². The number of carbonyl (C=O) groups excluding carboxylic acids is 1. The molecule has 0 saturated heterocycles. The van der Waals surface area contributed by atoms with Crippen LogP contribution in [0.3, 0.4) is 0 Å². The van der Waals surface area contributed by atoms with Gasteiger partial charge in [-0.15, -0.1) is 0 Å². The van der Waals surface area contributed by atoms with Crippen molar-refractivity contribution in [1.29, 1.82) is 0 Å². The summed E-state index contributed by atoms with van der Waals surface area (Å²) < 4.78 is 0. The van der Waals surface area contributed by atoms with E-state index in [4.69, 9.17) is 5.73 Å². The third kappa shape index (κ3) is 4.97. The van der Waals surface area contributed by atoms with Gasteiger partial charge in [-0.3, -0.25) is 4.79 Å². The summed E-state index contributed by atoms with van der Waals surface area (Å²) in [4.78, 5) is 11.7. The molecule has 1 saturated carbocycles. The molecular weight excluding hydrogens is 386 g/mol. The largest absolute Gasteiger partial charge is 0.392 e. The third-order valence-electron chi connectivity index (χ3n) is 6.73. The van der Waals surface area contributed by atoms with Crippen molar-refractivity contribution in [1.82, 2.24) is 0 Å². The van der Waals surface area contributed by atoms with Crippen LogP contribution < -0.4 is 5.73 Å². The van der Waals surface area contributed by atoms with Gasteiger partial charge >= 0.3 is 0 Å². The lowest BCUT2D eigenvalue weighted by Crippen LogP contribution is -2.18. The van der Waals surface area contributed by atoms with E-state index in [0.717, 1.165) is 24.0 Å². The lowest BCUT2D eigenvalue weighted by molar-refractivity contribution is 0.0999. The molecule has 0 unspecified atom stereocenters. The van der Waals surface area contributed by atoms with Gasteiger partial charge in [0.15, 0.2) is 0 Å². The number of allylic oxidation sites excluding steroid dienone is 2. The second kappa shape index (κ2) is 9.21. The Morgan fingerprint density at radius 2 is 2.03 bits per heavy atom. The van der Waals surface area contributed by atoms with E-state index < -0.39 is 12.0 Å². The molecule has 0 heterocycles. The molecular formula is C27H31NO3. The molecule has 4 rings (SSSR count). The quantitative estimate of drug-likeness (QED) is 0.600. The average Bonchev–Trinajstić information content (AvgIpc) is 3.22. The number of fused-ring (bicyclic) bond motifs is 1. The molecule has 2 aromatic rings. The first-order valence-corrected chi connectivity index (χ1v) is 11.1. The van der Waals surface area contributed by atoms with Crippen LogP contribution in [0.5, 0.6) is 0 Å². The number of aryl methyl sites for hydroxylation is 1. The number of hydrogen-bond donors (Lipinski definition) is 3. The van der Waals surface area contributed by atoms with Crippen LogP contribution in [0.25, 0.3) is 0 Å². The number of rotatable bonds is 7. The van der Waals surface area contributed by atoms with Gasteiger partial charge in [-0.25, -0.2) is 0 Å². The zero-order chi connectivity index (χ0) is 22.0. The number of carbonyl (C=O) groups is 1. The van der Waals surface area contributed by atoms with Crippen LogP contribution in [0.2, 0.25) is 0 Å². The maximum Gasteiger partial charge on any atom is 0.248 e.